The second-order valence-corrected chi connectivity index (χ2v) is 4.96. The fourth-order valence-electron chi connectivity index (χ4n) is 1.64. The molecule has 18 heavy (non-hydrogen) atoms. The van der Waals surface area contributed by atoms with Crippen LogP contribution in [0.3, 0.4) is 0 Å². The van der Waals surface area contributed by atoms with Crippen LogP contribution in [-0.2, 0) is 0 Å². The Bertz CT molecular complexity index is 391. The third kappa shape index (κ3) is 5.28. The number of carbonyl (C=O) groups excluding carboxylic acids is 1. The minimum Gasteiger partial charge on any atom is -0.493 e. The largest absolute Gasteiger partial charge is 0.493 e. The molecule has 0 aliphatic rings. The molecule has 0 aliphatic carbocycles. The first-order valence-electron chi connectivity index (χ1n) is 6.14. The van der Waals surface area contributed by atoms with Crippen LogP contribution in [0, 0.1) is 0 Å². The molecule has 0 bridgehead atoms. The SMILES string of the molecule is CC(=O)c1cc(Cl)ccc1OCCCCCCCl. The van der Waals surface area contributed by atoms with E-state index in [1.807, 2.05) is 0 Å². The smallest absolute Gasteiger partial charge is 0.163 e. The van der Waals surface area contributed by atoms with Gasteiger partial charge in [0.2, 0.25) is 0 Å². The fraction of sp³-hybridized carbons (Fsp3) is 0.500. The van der Waals surface area contributed by atoms with Crippen LogP contribution in [-0.4, -0.2) is 18.3 Å². The van der Waals surface area contributed by atoms with Gasteiger partial charge in [0.1, 0.15) is 5.75 Å². The van der Waals surface area contributed by atoms with Crippen LogP contribution < -0.4 is 4.74 Å². The third-order valence-electron chi connectivity index (χ3n) is 2.61. The molecule has 0 amide bonds. The molecular weight excluding hydrogens is 271 g/mol. The van der Waals surface area contributed by atoms with Gasteiger partial charge in [-0.05, 0) is 38.0 Å². The molecule has 0 fully saturated rings. The lowest BCUT2D eigenvalue weighted by Gasteiger charge is -2.10. The van der Waals surface area contributed by atoms with Crippen molar-refractivity contribution in [3.05, 3.63) is 28.8 Å². The van der Waals surface area contributed by atoms with Gasteiger partial charge in [0.15, 0.2) is 5.78 Å². The first-order valence-corrected chi connectivity index (χ1v) is 7.05. The highest BCUT2D eigenvalue weighted by Gasteiger charge is 2.08. The zero-order valence-corrected chi connectivity index (χ0v) is 12.1. The van der Waals surface area contributed by atoms with Gasteiger partial charge in [0.25, 0.3) is 0 Å². The van der Waals surface area contributed by atoms with Crippen LogP contribution in [0.25, 0.3) is 0 Å². The van der Waals surface area contributed by atoms with Crippen molar-refractivity contribution in [2.45, 2.75) is 32.6 Å². The van der Waals surface area contributed by atoms with E-state index in [1.54, 1.807) is 18.2 Å². The molecular formula is C14H18Cl2O2. The lowest BCUT2D eigenvalue weighted by Crippen LogP contribution is -2.03. The van der Waals surface area contributed by atoms with E-state index in [9.17, 15) is 4.79 Å². The molecule has 0 heterocycles. The van der Waals surface area contributed by atoms with Crippen LogP contribution in [0.4, 0.5) is 0 Å². The van der Waals surface area contributed by atoms with Gasteiger partial charge in [-0.3, -0.25) is 4.79 Å². The predicted octanol–water partition coefficient (Wildman–Crippen LogP) is 4.72. The molecule has 1 rings (SSSR count). The van der Waals surface area contributed by atoms with Crippen LogP contribution in [0.2, 0.25) is 5.02 Å². The lowest BCUT2D eigenvalue weighted by molar-refractivity contribution is 0.101. The molecule has 100 valence electrons. The second-order valence-electron chi connectivity index (χ2n) is 4.15. The third-order valence-corrected chi connectivity index (χ3v) is 3.11. The predicted molar refractivity (Wildman–Crippen MR) is 76.1 cm³/mol. The van der Waals surface area contributed by atoms with Gasteiger partial charge in [-0.1, -0.05) is 24.4 Å². The van der Waals surface area contributed by atoms with E-state index in [0.29, 0.717) is 28.8 Å². The van der Waals surface area contributed by atoms with Crippen molar-refractivity contribution in [3.63, 3.8) is 0 Å². The maximum Gasteiger partial charge on any atom is 0.163 e. The van der Waals surface area contributed by atoms with E-state index >= 15 is 0 Å². The number of unbranched alkanes of at least 4 members (excludes halogenated alkanes) is 3. The summed E-state index contributed by atoms with van der Waals surface area (Å²) < 4.78 is 5.62. The van der Waals surface area contributed by atoms with Crippen molar-refractivity contribution in [2.24, 2.45) is 0 Å². The number of hydrogen-bond acceptors (Lipinski definition) is 2. The number of carbonyl (C=O) groups is 1. The number of hydrogen-bond donors (Lipinski definition) is 0. The molecule has 0 saturated heterocycles. The maximum absolute atomic E-state index is 11.4. The molecule has 0 aromatic heterocycles. The van der Waals surface area contributed by atoms with E-state index in [2.05, 4.69) is 0 Å². The Morgan fingerprint density at radius 2 is 1.94 bits per heavy atom. The van der Waals surface area contributed by atoms with Crippen LogP contribution >= 0.6 is 23.2 Å². The van der Waals surface area contributed by atoms with Gasteiger partial charge < -0.3 is 4.74 Å². The standard InChI is InChI=1S/C14H18Cl2O2/c1-11(17)13-10-12(16)6-7-14(13)18-9-5-3-2-4-8-15/h6-7,10H,2-5,8-9H2,1H3. The van der Waals surface area contributed by atoms with Gasteiger partial charge in [0, 0.05) is 10.9 Å². The minimum absolute atomic E-state index is 0.0327. The highest BCUT2D eigenvalue weighted by Crippen LogP contribution is 2.23. The topological polar surface area (TPSA) is 26.3 Å². The summed E-state index contributed by atoms with van der Waals surface area (Å²) >= 11 is 11.5. The zero-order chi connectivity index (χ0) is 13.4. The van der Waals surface area contributed by atoms with E-state index in [4.69, 9.17) is 27.9 Å². The number of rotatable bonds is 8. The number of ketones is 1. The van der Waals surface area contributed by atoms with E-state index < -0.39 is 0 Å². The molecule has 0 N–H and O–H groups in total. The van der Waals surface area contributed by atoms with E-state index in [-0.39, 0.29) is 5.78 Å². The maximum atomic E-state index is 11.4. The van der Waals surface area contributed by atoms with Gasteiger partial charge in [0.05, 0.1) is 12.2 Å². The Balaban J connectivity index is 2.44. The average Bonchev–Trinajstić information content (AvgIpc) is 2.35. The molecule has 0 aliphatic heterocycles. The van der Waals surface area contributed by atoms with Crippen molar-refractivity contribution in [3.8, 4) is 5.75 Å². The fourth-order valence-corrected chi connectivity index (χ4v) is 2.00. The molecule has 0 saturated carbocycles. The lowest BCUT2D eigenvalue weighted by atomic mass is 10.1. The van der Waals surface area contributed by atoms with E-state index in [0.717, 1.165) is 25.7 Å². The highest BCUT2D eigenvalue weighted by atomic mass is 35.5. The summed E-state index contributed by atoms with van der Waals surface area (Å²) in [7, 11) is 0. The molecule has 0 unspecified atom stereocenters. The highest BCUT2D eigenvalue weighted by molar-refractivity contribution is 6.31. The summed E-state index contributed by atoms with van der Waals surface area (Å²) in [4.78, 5) is 11.4. The van der Waals surface area contributed by atoms with Crippen LogP contribution in [0.5, 0.6) is 5.75 Å². The van der Waals surface area contributed by atoms with Gasteiger partial charge in [-0.25, -0.2) is 0 Å². The Morgan fingerprint density at radius 1 is 1.22 bits per heavy atom. The van der Waals surface area contributed by atoms with Crippen molar-refractivity contribution >= 4 is 29.0 Å². The van der Waals surface area contributed by atoms with Crippen molar-refractivity contribution < 1.29 is 9.53 Å². The Morgan fingerprint density at radius 3 is 2.61 bits per heavy atom. The van der Waals surface area contributed by atoms with Crippen molar-refractivity contribution in [1.29, 1.82) is 0 Å². The molecule has 0 spiro atoms. The summed E-state index contributed by atoms with van der Waals surface area (Å²) in [6.07, 6.45) is 4.22. The number of Topliss-reactive ketones (excluding diaryl/α,β-unsaturated/α-hetero) is 1. The summed E-state index contributed by atoms with van der Waals surface area (Å²) in [6, 6.07) is 5.13. The van der Waals surface area contributed by atoms with Gasteiger partial charge in [-0.15, -0.1) is 11.6 Å². The van der Waals surface area contributed by atoms with Crippen LogP contribution in [0.1, 0.15) is 43.0 Å². The number of benzene rings is 1. The molecule has 2 nitrogen and oxygen atoms in total. The summed E-state index contributed by atoms with van der Waals surface area (Å²) in [5.74, 6) is 1.30. The normalized spacial score (nSPS) is 10.4. The summed E-state index contributed by atoms with van der Waals surface area (Å²) in [5.41, 5.74) is 0.545. The van der Waals surface area contributed by atoms with Crippen LogP contribution in [0.15, 0.2) is 18.2 Å². The Kier molecular flexibility index (Phi) is 7.14. The molecule has 4 heteroatoms. The van der Waals surface area contributed by atoms with Crippen molar-refractivity contribution in [2.75, 3.05) is 12.5 Å². The first-order chi connectivity index (χ1) is 8.65. The summed E-state index contributed by atoms with van der Waals surface area (Å²) in [6.45, 7) is 2.13. The van der Waals surface area contributed by atoms with Gasteiger partial charge in [-0.2, -0.15) is 0 Å². The molecule has 1 aromatic rings. The second kappa shape index (κ2) is 8.39. The first kappa shape index (κ1) is 15.3. The number of alkyl halides is 1. The average molecular weight is 289 g/mol. The van der Waals surface area contributed by atoms with Gasteiger partial charge >= 0.3 is 0 Å². The van der Waals surface area contributed by atoms with Crippen molar-refractivity contribution in [1.82, 2.24) is 0 Å². The number of halogens is 2. The quantitative estimate of drug-likeness (QED) is 0.393. The number of ether oxygens (including phenoxy) is 1. The molecule has 1 aromatic carbocycles. The van der Waals surface area contributed by atoms with E-state index in [1.165, 1.54) is 6.92 Å². The molecule has 0 atom stereocenters. The Labute approximate surface area is 118 Å². The summed E-state index contributed by atoms with van der Waals surface area (Å²) in [5, 5.41) is 0.551. The Hall–Kier alpha value is -0.730. The zero-order valence-electron chi connectivity index (χ0n) is 10.5. The minimum atomic E-state index is -0.0327. The molecule has 0 radical (unpaired) electrons. The monoisotopic (exact) mass is 288 g/mol.